The Labute approximate surface area is 202 Å². The van der Waals surface area contributed by atoms with E-state index >= 15 is 0 Å². The third kappa shape index (κ3) is 4.48. The molecule has 0 fully saturated rings. The first-order valence-electron chi connectivity index (χ1n) is 10.8. The number of nitrogens with zero attached hydrogens (tertiary/aromatic N) is 3. The highest BCUT2D eigenvalue weighted by molar-refractivity contribution is 9.10. The van der Waals surface area contributed by atoms with Crippen molar-refractivity contribution in [3.05, 3.63) is 106 Å². The first-order valence-corrected chi connectivity index (χ1v) is 11.5. The molecule has 0 aliphatic heterocycles. The van der Waals surface area contributed by atoms with Crippen molar-refractivity contribution in [3.8, 4) is 0 Å². The van der Waals surface area contributed by atoms with E-state index in [1.165, 1.54) is 6.07 Å². The van der Waals surface area contributed by atoms with Gasteiger partial charge in [0, 0.05) is 31.2 Å². The largest absolute Gasteiger partial charge is 0.455 e. The Morgan fingerprint density at radius 1 is 0.971 bits per heavy atom. The molecule has 0 radical (unpaired) electrons. The zero-order valence-corrected chi connectivity index (χ0v) is 19.9. The molecular formula is C26H21BrF3N3O. The molecule has 0 amide bonds. The number of aromatic nitrogens is 2. The first-order chi connectivity index (χ1) is 16.3. The molecule has 5 rings (SSSR count). The highest BCUT2D eigenvalue weighted by Gasteiger charge is 2.34. The van der Waals surface area contributed by atoms with E-state index < -0.39 is 11.9 Å². The summed E-state index contributed by atoms with van der Waals surface area (Å²) in [4.78, 5) is 6.49. The topological polar surface area (TPSA) is 33.7 Å². The summed E-state index contributed by atoms with van der Waals surface area (Å²) in [7, 11) is 0. The van der Waals surface area contributed by atoms with Crippen molar-refractivity contribution in [1.29, 1.82) is 0 Å². The first kappa shape index (κ1) is 22.7. The Morgan fingerprint density at radius 3 is 2.59 bits per heavy atom. The van der Waals surface area contributed by atoms with Crippen molar-refractivity contribution in [1.82, 2.24) is 14.3 Å². The molecule has 0 saturated carbocycles. The van der Waals surface area contributed by atoms with E-state index in [0.29, 0.717) is 13.1 Å². The number of benzene rings is 2. The van der Waals surface area contributed by atoms with Crippen molar-refractivity contribution in [2.45, 2.75) is 32.7 Å². The predicted octanol–water partition coefficient (Wildman–Crippen LogP) is 7.37. The van der Waals surface area contributed by atoms with Gasteiger partial charge in [-0.2, -0.15) is 13.2 Å². The van der Waals surface area contributed by atoms with E-state index in [4.69, 9.17) is 4.42 Å². The molecule has 0 aliphatic rings. The minimum atomic E-state index is -4.51. The van der Waals surface area contributed by atoms with E-state index in [9.17, 15) is 13.2 Å². The lowest BCUT2D eigenvalue weighted by Gasteiger charge is -2.24. The van der Waals surface area contributed by atoms with Crippen molar-refractivity contribution >= 4 is 32.3 Å². The molecular weight excluding hydrogens is 507 g/mol. The Kier molecular flexibility index (Phi) is 5.95. The van der Waals surface area contributed by atoms with Gasteiger partial charge in [-0.25, -0.2) is 4.98 Å². The van der Waals surface area contributed by atoms with Crippen LogP contribution < -0.4 is 0 Å². The second kappa shape index (κ2) is 8.92. The molecule has 3 aromatic heterocycles. The van der Waals surface area contributed by atoms with Crippen molar-refractivity contribution in [2.24, 2.45) is 0 Å². The highest BCUT2D eigenvalue weighted by atomic mass is 79.9. The second-order valence-corrected chi connectivity index (χ2v) is 9.14. The summed E-state index contributed by atoms with van der Waals surface area (Å²) in [5.74, 6) is -0.714. The molecule has 2 aromatic carbocycles. The van der Waals surface area contributed by atoms with Gasteiger partial charge in [0.1, 0.15) is 5.76 Å². The summed E-state index contributed by atoms with van der Waals surface area (Å²) in [6.45, 7) is 3.32. The monoisotopic (exact) mass is 527 g/mol. The van der Waals surface area contributed by atoms with Gasteiger partial charge >= 0.3 is 6.18 Å². The normalized spacial score (nSPS) is 12.3. The van der Waals surface area contributed by atoms with Gasteiger partial charge in [0.25, 0.3) is 0 Å². The maximum Gasteiger partial charge on any atom is 0.449 e. The molecule has 4 nitrogen and oxygen atoms in total. The molecule has 0 spiro atoms. The summed E-state index contributed by atoms with van der Waals surface area (Å²) >= 11 is 3.52. The number of fused-ring (bicyclic) bond motifs is 2. The molecule has 0 saturated heterocycles. The molecule has 5 aromatic rings. The maximum absolute atomic E-state index is 13.1. The number of alkyl halides is 3. The van der Waals surface area contributed by atoms with Gasteiger partial charge in [-0.1, -0.05) is 36.4 Å². The number of halogens is 4. The van der Waals surface area contributed by atoms with E-state index in [1.54, 1.807) is 6.20 Å². The molecule has 174 valence electrons. The lowest BCUT2D eigenvalue weighted by Crippen LogP contribution is -2.24. The number of imidazole rings is 1. The third-order valence-electron chi connectivity index (χ3n) is 5.95. The molecule has 0 N–H and O–H groups in total. The average Bonchev–Trinajstić information content (AvgIpc) is 3.48. The van der Waals surface area contributed by atoms with E-state index in [0.717, 1.165) is 43.8 Å². The minimum Gasteiger partial charge on any atom is -0.455 e. The number of furan rings is 1. The Balaban J connectivity index is 1.53. The van der Waals surface area contributed by atoms with Crippen LogP contribution in [0.1, 0.15) is 28.3 Å². The van der Waals surface area contributed by atoms with Crippen LogP contribution in [0.5, 0.6) is 0 Å². The van der Waals surface area contributed by atoms with Crippen LogP contribution in [0.4, 0.5) is 13.2 Å². The standard InChI is InChI=1S/C26H21BrF3N3O/c1-17-6-7-18-4-2-3-5-21(18)22(17)16-32(15-20-9-11-24(34-20)26(28,29)30)14-19-8-10-23(27)25-31-12-13-33(19)25/h2-13H,14-16H2,1H3. The van der Waals surface area contributed by atoms with Crippen LogP contribution in [0, 0.1) is 6.92 Å². The highest BCUT2D eigenvalue weighted by Crippen LogP contribution is 2.32. The molecule has 34 heavy (non-hydrogen) atoms. The van der Waals surface area contributed by atoms with Gasteiger partial charge in [0.2, 0.25) is 5.76 Å². The minimum absolute atomic E-state index is 0.227. The van der Waals surface area contributed by atoms with Crippen LogP contribution in [0.25, 0.3) is 16.4 Å². The zero-order chi connectivity index (χ0) is 23.9. The third-order valence-corrected chi connectivity index (χ3v) is 6.57. The number of hydrogen-bond donors (Lipinski definition) is 0. The van der Waals surface area contributed by atoms with Gasteiger partial charge in [0.15, 0.2) is 5.65 Å². The molecule has 0 aliphatic carbocycles. The van der Waals surface area contributed by atoms with Gasteiger partial charge in [-0.05, 0) is 69.0 Å². The van der Waals surface area contributed by atoms with Crippen LogP contribution in [0.2, 0.25) is 0 Å². The van der Waals surface area contributed by atoms with Crippen LogP contribution in [0.15, 0.2) is 81.9 Å². The van der Waals surface area contributed by atoms with Gasteiger partial charge in [-0.15, -0.1) is 0 Å². The fourth-order valence-corrected chi connectivity index (χ4v) is 4.70. The smallest absolute Gasteiger partial charge is 0.449 e. The number of pyridine rings is 1. The lowest BCUT2D eigenvalue weighted by molar-refractivity contribution is -0.153. The van der Waals surface area contributed by atoms with Crippen molar-refractivity contribution in [2.75, 3.05) is 0 Å². The van der Waals surface area contributed by atoms with Crippen LogP contribution in [-0.2, 0) is 25.8 Å². The van der Waals surface area contributed by atoms with Gasteiger partial charge < -0.3 is 8.82 Å². The van der Waals surface area contributed by atoms with Crippen LogP contribution in [0.3, 0.4) is 0 Å². The maximum atomic E-state index is 13.1. The fraction of sp³-hybridized carbons (Fsp3) is 0.192. The fourth-order valence-electron chi connectivity index (χ4n) is 4.28. The van der Waals surface area contributed by atoms with E-state index in [2.05, 4.69) is 57.0 Å². The summed E-state index contributed by atoms with van der Waals surface area (Å²) in [5.41, 5.74) is 4.02. The SMILES string of the molecule is Cc1ccc2ccccc2c1CN(Cc1ccc(C(F)(F)F)o1)Cc1ccc(Br)c2nccn12. The quantitative estimate of drug-likeness (QED) is 0.231. The average molecular weight is 528 g/mol. The van der Waals surface area contributed by atoms with Crippen LogP contribution >= 0.6 is 15.9 Å². The summed E-state index contributed by atoms with van der Waals surface area (Å²) < 4.78 is 47.4. The van der Waals surface area contributed by atoms with Crippen molar-refractivity contribution < 1.29 is 17.6 Å². The lowest BCUT2D eigenvalue weighted by atomic mass is 9.99. The second-order valence-electron chi connectivity index (χ2n) is 8.28. The Morgan fingerprint density at radius 2 is 1.79 bits per heavy atom. The number of aryl methyl sites for hydroxylation is 1. The molecule has 0 atom stereocenters. The molecule has 3 heterocycles. The summed E-state index contributed by atoms with van der Waals surface area (Å²) in [6, 6.07) is 18.6. The van der Waals surface area contributed by atoms with Crippen molar-refractivity contribution in [3.63, 3.8) is 0 Å². The number of hydrogen-bond acceptors (Lipinski definition) is 3. The van der Waals surface area contributed by atoms with E-state index in [-0.39, 0.29) is 12.3 Å². The van der Waals surface area contributed by atoms with E-state index in [1.807, 2.05) is 34.9 Å². The number of rotatable bonds is 6. The molecule has 0 bridgehead atoms. The summed E-state index contributed by atoms with van der Waals surface area (Å²) in [6.07, 6.45) is -0.902. The Bertz CT molecular complexity index is 1470. The summed E-state index contributed by atoms with van der Waals surface area (Å²) in [5, 5.41) is 2.26. The van der Waals surface area contributed by atoms with Gasteiger partial charge in [-0.3, -0.25) is 4.90 Å². The molecule has 8 heteroatoms. The zero-order valence-electron chi connectivity index (χ0n) is 18.3. The van der Waals surface area contributed by atoms with Gasteiger partial charge in [0.05, 0.1) is 11.0 Å². The van der Waals surface area contributed by atoms with Crippen LogP contribution in [-0.4, -0.2) is 14.3 Å². The Hall–Kier alpha value is -3.10. The predicted molar refractivity (Wildman–Crippen MR) is 128 cm³/mol. The molecule has 0 unspecified atom stereocenters.